The maximum atomic E-state index is 11.9. The standard InChI is InChI=1S/C18H17NO2S/c1-2-21-18(20)15-9-4-3-6-13(15)10-11-17-19-16(12-22-17)14-7-5-8-14/h3-4,6,9,12,14H,2,5,7-8H2,1H3. The topological polar surface area (TPSA) is 39.2 Å². The molecular formula is C18H17NO2S. The van der Waals surface area contributed by atoms with Gasteiger partial charge in [0.05, 0.1) is 17.9 Å². The van der Waals surface area contributed by atoms with E-state index in [0.717, 1.165) is 5.01 Å². The molecule has 0 spiro atoms. The summed E-state index contributed by atoms with van der Waals surface area (Å²) in [5, 5.41) is 2.91. The van der Waals surface area contributed by atoms with Gasteiger partial charge >= 0.3 is 5.97 Å². The summed E-state index contributed by atoms with van der Waals surface area (Å²) in [5.74, 6) is 6.42. The van der Waals surface area contributed by atoms with Gasteiger partial charge in [-0.05, 0) is 37.8 Å². The smallest absolute Gasteiger partial charge is 0.339 e. The highest BCUT2D eigenvalue weighted by atomic mass is 32.1. The number of hydrogen-bond donors (Lipinski definition) is 0. The quantitative estimate of drug-likeness (QED) is 0.635. The molecule has 2 aromatic rings. The molecule has 1 aliphatic carbocycles. The maximum absolute atomic E-state index is 11.9. The van der Waals surface area contributed by atoms with E-state index in [1.165, 1.54) is 25.0 Å². The lowest BCUT2D eigenvalue weighted by Gasteiger charge is -2.22. The van der Waals surface area contributed by atoms with Crippen LogP contribution in [0.4, 0.5) is 0 Å². The Balaban J connectivity index is 1.81. The van der Waals surface area contributed by atoms with E-state index in [1.807, 2.05) is 18.2 Å². The van der Waals surface area contributed by atoms with Crippen molar-refractivity contribution >= 4 is 17.3 Å². The molecule has 0 N–H and O–H groups in total. The number of rotatable bonds is 3. The Bertz CT molecular complexity index is 735. The summed E-state index contributed by atoms with van der Waals surface area (Å²) in [4.78, 5) is 16.5. The molecule has 1 heterocycles. The zero-order chi connectivity index (χ0) is 15.4. The Kier molecular flexibility index (Phi) is 4.55. The van der Waals surface area contributed by atoms with Crippen molar-refractivity contribution in [2.45, 2.75) is 32.1 Å². The van der Waals surface area contributed by atoms with Gasteiger partial charge in [-0.25, -0.2) is 9.78 Å². The van der Waals surface area contributed by atoms with Crippen LogP contribution in [0.1, 0.15) is 58.7 Å². The van der Waals surface area contributed by atoms with E-state index in [4.69, 9.17) is 4.74 Å². The summed E-state index contributed by atoms with van der Waals surface area (Å²) < 4.78 is 5.06. The SMILES string of the molecule is CCOC(=O)c1ccccc1C#Cc1nc(C2CCC2)cs1. The number of carbonyl (C=O) groups is 1. The number of benzene rings is 1. The van der Waals surface area contributed by atoms with Crippen LogP contribution in [0.5, 0.6) is 0 Å². The van der Waals surface area contributed by atoms with Gasteiger partial charge in [-0.15, -0.1) is 11.3 Å². The van der Waals surface area contributed by atoms with Crippen molar-refractivity contribution in [2.75, 3.05) is 6.61 Å². The molecule has 0 unspecified atom stereocenters. The summed E-state index contributed by atoms with van der Waals surface area (Å²) in [5.41, 5.74) is 2.35. The summed E-state index contributed by atoms with van der Waals surface area (Å²) in [6.07, 6.45) is 3.78. The normalized spacial score (nSPS) is 13.9. The Labute approximate surface area is 134 Å². The zero-order valence-corrected chi connectivity index (χ0v) is 13.3. The van der Waals surface area contributed by atoms with Gasteiger partial charge in [-0.2, -0.15) is 0 Å². The van der Waals surface area contributed by atoms with Crippen LogP contribution < -0.4 is 0 Å². The molecule has 0 radical (unpaired) electrons. The van der Waals surface area contributed by atoms with Crippen molar-refractivity contribution in [3.8, 4) is 11.8 Å². The minimum atomic E-state index is -0.332. The van der Waals surface area contributed by atoms with Crippen LogP contribution in [-0.2, 0) is 4.74 Å². The van der Waals surface area contributed by atoms with Crippen LogP contribution in [0.25, 0.3) is 0 Å². The third-order valence-corrected chi connectivity index (χ3v) is 4.55. The van der Waals surface area contributed by atoms with Gasteiger partial charge in [0, 0.05) is 16.9 Å². The van der Waals surface area contributed by atoms with Crippen LogP contribution in [0, 0.1) is 11.8 Å². The number of esters is 1. The van der Waals surface area contributed by atoms with Crippen molar-refractivity contribution < 1.29 is 9.53 Å². The second-order valence-corrected chi connectivity index (χ2v) is 6.08. The number of ether oxygens (including phenoxy) is 1. The zero-order valence-electron chi connectivity index (χ0n) is 12.5. The van der Waals surface area contributed by atoms with Crippen LogP contribution in [-0.4, -0.2) is 17.6 Å². The number of carbonyl (C=O) groups excluding carboxylic acids is 1. The fourth-order valence-corrected chi connectivity index (χ4v) is 3.08. The number of nitrogens with zero attached hydrogens (tertiary/aromatic N) is 1. The van der Waals surface area contributed by atoms with Gasteiger partial charge in [-0.1, -0.05) is 24.5 Å². The van der Waals surface area contributed by atoms with E-state index in [1.54, 1.807) is 24.3 Å². The second kappa shape index (κ2) is 6.76. The molecule has 0 aliphatic heterocycles. The molecule has 3 rings (SSSR count). The third kappa shape index (κ3) is 3.20. The van der Waals surface area contributed by atoms with Crippen molar-refractivity contribution in [3.63, 3.8) is 0 Å². The van der Waals surface area contributed by atoms with Crippen LogP contribution in [0.3, 0.4) is 0 Å². The second-order valence-electron chi connectivity index (χ2n) is 5.22. The number of aromatic nitrogens is 1. The van der Waals surface area contributed by atoms with Gasteiger partial charge in [0.1, 0.15) is 0 Å². The highest BCUT2D eigenvalue weighted by Crippen LogP contribution is 2.36. The molecular weight excluding hydrogens is 294 g/mol. The summed E-state index contributed by atoms with van der Waals surface area (Å²) in [6, 6.07) is 7.26. The summed E-state index contributed by atoms with van der Waals surface area (Å²) in [6.45, 7) is 2.15. The lowest BCUT2D eigenvalue weighted by Crippen LogP contribution is -2.08. The Morgan fingerprint density at radius 2 is 2.18 bits per heavy atom. The van der Waals surface area contributed by atoms with E-state index in [0.29, 0.717) is 23.7 Å². The monoisotopic (exact) mass is 311 g/mol. The minimum absolute atomic E-state index is 0.332. The molecule has 112 valence electrons. The molecule has 1 aromatic carbocycles. The molecule has 22 heavy (non-hydrogen) atoms. The highest BCUT2D eigenvalue weighted by Gasteiger charge is 2.21. The lowest BCUT2D eigenvalue weighted by atomic mass is 9.83. The largest absolute Gasteiger partial charge is 0.462 e. The van der Waals surface area contributed by atoms with Gasteiger partial charge in [-0.3, -0.25) is 0 Å². The van der Waals surface area contributed by atoms with E-state index in [-0.39, 0.29) is 5.97 Å². The molecule has 1 saturated carbocycles. The number of hydrogen-bond acceptors (Lipinski definition) is 4. The summed E-state index contributed by atoms with van der Waals surface area (Å²) >= 11 is 1.57. The predicted octanol–water partition coefficient (Wildman–Crippen LogP) is 3.99. The Hall–Kier alpha value is -2.12. The van der Waals surface area contributed by atoms with Crippen molar-refractivity contribution in [3.05, 3.63) is 51.5 Å². The van der Waals surface area contributed by atoms with Crippen LogP contribution in [0.15, 0.2) is 29.6 Å². The summed E-state index contributed by atoms with van der Waals surface area (Å²) in [7, 11) is 0. The average molecular weight is 311 g/mol. The minimum Gasteiger partial charge on any atom is -0.462 e. The van der Waals surface area contributed by atoms with Gasteiger partial charge in [0.2, 0.25) is 0 Å². The van der Waals surface area contributed by atoms with Gasteiger partial charge in [0.15, 0.2) is 5.01 Å². The average Bonchev–Trinajstić information content (AvgIpc) is 2.92. The first-order chi connectivity index (χ1) is 10.8. The van der Waals surface area contributed by atoms with E-state index < -0.39 is 0 Å². The first-order valence-electron chi connectivity index (χ1n) is 7.51. The van der Waals surface area contributed by atoms with Crippen LogP contribution in [0.2, 0.25) is 0 Å². The highest BCUT2D eigenvalue weighted by molar-refractivity contribution is 7.10. The van der Waals surface area contributed by atoms with E-state index >= 15 is 0 Å². The molecule has 1 fully saturated rings. The molecule has 4 heteroatoms. The first kappa shape index (κ1) is 14.8. The van der Waals surface area contributed by atoms with Gasteiger partial charge < -0.3 is 4.74 Å². The molecule has 1 aromatic heterocycles. The molecule has 0 bridgehead atoms. The number of thiazole rings is 1. The molecule has 1 aliphatic rings. The maximum Gasteiger partial charge on any atom is 0.339 e. The fourth-order valence-electron chi connectivity index (χ4n) is 2.33. The molecule has 0 saturated heterocycles. The Morgan fingerprint density at radius 1 is 1.36 bits per heavy atom. The predicted molar refractivity (Wildman–Crippen MR) is 87.1 cm³/mol. The van der Waals surface area contributed by atoms with E-state index in [9.17, 15) is 4.79 Å². The molecule has 3 nitrogen and oxygen atoms in total. The van der Waals surface area contributed by atoms with Crippen molar-refractivity contribution in [1.29, 1.82) is 0 Å². The van der Waals surface area contributed by atoms with Gasteiger partial charge in [0.25, 0.3) is 0 Å². The molecule has 0 atom stereocenters. The first-order valence-corrected chi connectivity index (χ1v) is 8.39. The molecule has 0 amide bonds. The van der Waals surface area contributed by atoms with E-state index in [2.05, 4.69) is 22.2 Å². The third-order valence-electron chi connectivity index (χ3n) is 3.77. The van der Waals surface area contributed by atoms with Crippen LogP contribution >= 0.6 is 11.3 Å². The van der Waals surface area contributed by atoms with Crippen molar-refractivity contribution in [1.82, 2.24) is 4.98 Å². The lowest BCUT2D eigenvalue weighted by molar-refractivity contribution is 0.0526. The van der Waals surface area contributed by atoms with Crippen molar-refractivity contribution in [2.24, 2.45) is 0 Å². The Morgan fingerprint density at radius 3 is 2.91 bits per heavy atom. The fraction of sp³-hybridized carbons (Fsp3) is 0.333.